The first kappa shape index (κ1) is 22.1. The van der Waals surface area contributed by atoms with Crippen molar-refractivity contribution in [2.75, 3.05) is 27.3 Å². The van der Waals surface area contributed by atoms with E-state index in [2.05, 4.69) is 34.7 Å². The van der Waals surface area contributed by atoms with E-state index in [1.165, 1.54) is 5.56 Å². The number of guanidine groups is 1. The van der Waals surface area contributed by atoms with Crippen molar-refractivity contribution in [3.63, 3.8) is 0 Å². The van der Waals surface area contributed by atoms with Gasteiger partial charge in [-0.15, -0.1) is 24.0 Å². The molecule has 0 spiro atoms. The van der Waals surface area contributed by atoms with Gasteiger partial charge in [-0.05, 0) is 43.2 Å². The predicted octanol–water partition coefficient (Wildman–Crippen LogP) is 4.01. The molecule has 0 radical (unpaired) electrons. The van der Waals surface area contributed by atoms with Crippen LogP contribution in [0.25, 0.3) is 0 Å². The first-order chi connectivity index (χ1) is 12.2. The molecule has 0 bridgehead atoms. The Kier molecular flexibility index (Phi) is 10.5. The molecule has 1 unspecified atom stereocenters. The van der Waals surface area contributed by atoms with E-state index in [0.717, 1.165) is 30.4 Å². The first-order valence-electron chi connectivity index (χ1n) is 8.52. The molecule has 0 saturated heterocycles. The maximum absolute atomic E-state index is 5.72. The molecule has 0 heterocycles. The topological polar surface area (TPSA) is 54.9 Å². The second kappa shape index (κ2) is 12.4. The van der Waals surface area contributed by atoms with Crippen LogP contribution in [0.15, 0.2) is 59.6 Å². The summed E-state index contributed by atoms with van der Waals surface area (Å²) >= 11 is 0. The highest BCUT2D eigenvalue weighted by Crippen LogP contribution is 2.17. The molecule has 2 aromatic carbocycles. The van der Waals surface area contributed by atoms with Gasteiger partial charge in [0.2, 0.25) is 0 Å². The smallest absolute Gasteiger partial charge is 0.191 e. The molecule has 0 saturated carbocycles. The van der Waals surface area contributed by atoms with Gasteiger partial charge in [0.1, 0.15) is 11.5 Å². The van der Waals surface area contributed by atoms with Crippen molar-refractivity contribution >= 4 is 29.9 Å². The molecule has 2 rings (SSSR count). The zero-order chi connectivity index (χ0) is 17.9. The van der Waals surface area contributed by atoms with Crippen molar-refractivity contribution in [2.24, 2.45) is 4.99 Å². The van der Waals surface area contributed by atoms with E-state index in [0.29, 0.717) is 6.61 Å². The minimum Gasteiger partial charge on any atom is -0.497 e. The molecule has 0 aliphatic rings. The molecule has 0 aliphatic carbocycles. The second-order valence-electron chi connectivity index (χ2n) is 5.65. The average molecular weight is 469 g/mol. The van der Waals surface area contributed by atoms with Gasteiger partial charge in [0.25, 0.3) is 0 Å². The van der Waals surface area contributed by atoms with Crippen LogP contribution in [-0.4, -0.2) is 33.3 Å². The van der Waals surface area contributed by atoms with Crippen LogP contribution < -0.4 is 20.1 Å². The number of hydrogen-bond acceptors (Lipinski definition) is 3. The van der Waals surface area contributed by atoms with E-state index in [1.807, 2.05) is 42.5 Å². The van der Waals surface area contributed by atoms with Crippen LogP contribution in [0.3, 0.4) is 0 Å². The lowest BCUT2D eigenvalue weighted by atomic mass is 10.1. The van der Waals surface area contributed by atoms with Gasteiger partial charge in [0.05, 0.1) is 19.8 Å². The molecular formula is C20H28IN3O2. The Labute approximate surface area is 173 Å². The van der Waals surface area contributed by atoms with E-state index in [1.54, 1.807) is 14.2 Å². The van der Waals surface area contributed by atoms with Crippen LogP contribution in [0.1, 0.15) is 24.9 Å². The summed E-state index contributed by atoms with van der Waals surface area (Å²) in [5.74, 6) is 2.47. The lowest BCUT2D eigenvalue weighted by Gasteiger charge is -2.18. The van der Waals surface area contributed by atoms with E-state index in [-0.39, 0.29) is 30.0 Å². The van der Waals surface area contributed by atoms with Crippen LogP contribution in [0.4, 0.5) is 0 Å². The summed E-state index contributed by atoms with van der Waals surface area (Å²) in [5.41, 5.74) is 1.23. The molecular weight excluding hydrogens is 441 g/mol. The molecule has 2 N–H and O–H groups in total. The fourth-order valence-electron chi connectivity index (χ4n) is 2.37. The molecule has 0 aliphatic heterocycles. The zero-order valence-electron chi connectivity index (χ0n) is 15.6. The number of nitrogens with zero attached hydrogens (tertiary/aromatic N) is 1. The van der Waals surface area contributed by atoms with Gasteiger partial charge in [-0.1, -0.05) is 30.3 Å². The van der Waals surface area contributed by atoms with E-state index in [4.69, 9.17) is 9.47 Å². The summed E-state index contributed by atoms with van der Waals surface area (Å²) in [6.45, 7) is 3.55. The summed E-state index contributed by atoms with van der Waals surface area (Å²) < 4.78 is 10.8. The van der Waals surface area contributed by atoms with E-state index >= 15 is 0 Å². The predicted molar refractivity (Wildman–Crippen MR) is 118 cm³/mol. The lowest BCUT2D eigenvalue weighted by molar-refractivity contribution is 0.310. The number of methoxy groups -OCH3 is 1. The number of hydrogen-bond donors (Lipinski definition) is 2. The van der Waals surface area contributed by atoms with Crippen LogP contribution in [0.2, 0.25) is 0 Å². The number of ether oxygens (including phenoxy) is 2. The van der Waals surface area contributed by atoms with Crippen molar-refractivity contribution in [3.05, 3.63) is 60.2 Å². The third-order valence-electron chi connectivity index (χ3n) is 3.82. The number of benzene rings is 2. The van der Waals surface area contributed by atoms with Crippen molar-refractivity contribution in [2.45, 2.75) is 19.4 Å². The van der Waals surface area contributed by atoms with Gasteiger partial charge in [0, 0.05) is 13.6 Å². The number of aliphatic imine (C=N–C) groups is 1. The fraction of sp³-hybridized carbons (Fsp3) is 0.350. The minimum atomic E-state index is 0. The highest BCUT2D eigenvalue weighted by atomic mass is 127. The SMILES string of the molecule is CN=C(NCCCOc1ccc(OC)cc1)NC(C)c1ccccc1.I. The third-order valence-corrected chi connectivity index (χ3v) is 3.82. The Hall–Kier alpha value is -1.96. The quantitative estimate of drug-likeness (QED) is 0.266. The van der Waals surface area contributed by atoms with Gasteiger partial charge in [0.15, 0.2) is 5.96 Å². The molecule has 0 fully saturated rings. The highest BCUT2D eigenvalue weighted by Gasteiger charge is 2.06. The average Bonchev–Trinajstić information content (AvgIpc) is 2.67. The van der Waals surface area contributed by atoms with Gasteiger partial charge in [-0.3, -0.25) is 4.99 Å². The molecule has 0 aromatic heterocycles. The number of nitrogens with one attached hydrogen (secondary N) is 2. The summed E-state index contributed by atoms with van der Waals surface area (Å²) in [6, 6.07) is 18.1. The van der Waals surface area contributed by atoms with Crippen molar-refractivity contribution in [1.82, 2.24) is 10.6 Å². The molecule has 142 valence electrons. The molecule has 1 atom stereocenters. The maximum Gasteiger partial charge on any atom is 0.191 e. The first-order valence-corrected chi connectivity index (χ1v) is 8.52. The van der Waals surface area contributed by atoms with Crippen LogP contribution in [-0.2, 0) is 0 Å². The fourth-order valence-corrected chi connectivity index (χ4v) is 2.37. The largest absolute Gasteiger partial charge is 0.497 e. The van der Waals surface area contributed by atoms with Gasteiger partial charge < -0.3 is 20.1 Å². The van der Waals surface area contributed by atoms with Crippen LogP contribution in [0.5, 0.6) is 11.5 Å². The maximum atomic E-state index is 5.72. The van der Waals surface area contributed by atoms with Crippen LogP contribution >= 0.6 is 24.0 Å². The third kappa shape index (κ3) is 7.51. The molecule has 0 amide bonds. The normalized spacial score (nSPS) is 11.9. The number of rotatable bonds is 8. The molecule has 26 heavy (non-hydrogen) atoms. The van der Waals surface area contributed by atoms with E-state index in [9.17, 15) is 0 Å². The molecule has 6 heteroatoms. The zero-order valence-corrected chi connectivity index (χ0v) is 17.9. The minimum absolute atomic E-state index is 0. The van der Waals surface area contributed by atoms with Crippen molar-refractivity contribution in [1.29, 1.82) is 0 Å². The van der Waals surface area contributed by atoms with Crippen molar-refractivity contribution < 1.29 is 9.47 Å². The standard InChI is InChI=1S/C20H27N3O2.HI/c1-16(17-8-5-4-6-9-17)23-20(21-2)22-14-7-15-25-19-12-10-18(24-3)11-13-19;/h4-6,8-13,16H,7,14-15H2,1-3H3,(H2,21,22,23);1H. The van der Waals surface area contributed by atoms with Gasteiger partial charge >= 0.3 is 0 Å². The Morgan fingerprint density at radius 3 is 2.31 bits per heavy atom. The number of halogens is 1. The Morgan fingerprint density at radius 1 is 1.04 bits per heavy atom. The lowest BCUT2D eigenvalue weighted by Crippen LogP contribution is -2.39. The van der Waals surface area contributed by atoms with E-state index < -0.39 is 0 Å². The Bertz CT molecular complexity index is 648. The summed E-state index contributed by atoms with van der Waals surface area (Å²) in [4.78, 5) is 4.27. The van der Waals surface area contributed by atoms with Crippen molar-refractivity contribution in [3.8, 4) is 11.5 Å². The summed E-state index contributed by atoms with van der Waals surface area (Å²) in [5, 5.41) is 6.70. The van der Waals surface area contributed by atoms with Gasteiger partial charge in [-0.2, -0.15) is 0 Å². The van der Waals surface area contributed by atoms with Gasteiger partial charge in [-0.25, -0.2) is 0 Å². The highest BCUT2D eigenvalue weighted by molar-refractivity contribution is 14.0. The summed E-state index contributed by atoms with van der Waals surface area (Å²) in [7, 11) is 3.43. The molecule has 2 aromatic rings. The second-order valence-corrected chi connectivity index (χ2v) is 5.65. The summed E-state index contributed by atoms with van der Waals surface area (Å²) in [6.07, 6.45) is 0.881. The monoisotopic (exact) mass is 469 g/mol. The molecule has 5 nitrogen and oxygen atoms in total. The Morgan fingerprint density at radius 2 is 1.69 bits per heavy atom. The Balaban J connectivity index is 0.00000338. The van der Waals surface area contributed by atoms with Crippen LogP contribution in [0, 0.1) is 0 Å².